The van der Waals surface area contributed by atoms with Crippen molar-refractivity contribution in [1.82, 2.24) is 10.2 Å². The number of carbonyl (C=O) groups excluding carboxylic acids is 1. The van der Waals surface area contributed by atoms with Crippen LogP contribution >= 0.6 is 0 Å². The molecule has 0 saturated carbocycles. The summed E-state index contributed by atoms with van der Waals surface area (Å²) < 4.78 is 17.4. The molecule has 0 radical (unpaired) electrons. The lowest BCUT2D eigenvalue weighted by Gasteiger charge is -2.29. The summed E-state index contributed by atoms with van der Waals surface area (Å²) in [5.41, 5.74) is 1.97. The molecule has 2 aromatic rings. The van der Waals surface area contributed by atoms with Crippen molar-refractivity contribution in [3.05, 3.63) is 53.6 Å². The quantitative estimate of drug-likeness (QED) is 0.700. The van der Waals surface area contributed by atoms with E-state index in [0.717, 1.165) is 42.1 Å². The predicted octanol–water partition coefficient (Wildman–Crippen LogP) is 3.74. The maximum absolute atomic E-state index is 12.6. The van der Waals surface area contributed by atoms with Gasteiger partial charge < -0.3 is 19.5 Å². The molecule has 4 rings (SSSR count). The number of para-hydroxylation sites is 2. The molecule has 2 aliphatic heterocycles. The van der Waals surface area contributed by atoms with E-state index in [-0.39, 0.29) is 24.2 Å². The Labute approximate surface area is 184 Å². The Balaban J connectivity index is 1.39. The molecule has 0 spiro atoms. The van der Waals surface area contributed by atoms with Crippen LogP contribution in [0.1, 0.15) is 43.9 Å². The average molecular weight is 425 g/mol. The van der Waals surface area contributed by atoms with E-state index in [1.165, 1.54) is 12.8 Å². The van der Waals surface area contributed by atoms with Crippen molar-refractivity contribution in [2.45, 2.75) is 44.8 Å². The van der Waals surface area contributed by atoms with Crippen molar-refractivity contribution in [2.75, 3.05) is 33.4 Å². The highest BCUT2D eigenvalue weighted by molar-refractivity contribution is 5.77. The number of amides is 1. The number of nitrogens with zero attached hydrogens (tertiary/aromatic N) is 1. The summed E-state index contributed by atoms with van der Waals surface area (Å²) in [6, 6.07) is 14.0. The van der Waals surface area contributed by atoms with Gasteiger partial charge in [0.05, 0.1) is 13.2 Å². The van der Waals surface area contributed by atoms with E-state index in [1.807, 2.05) is 36.4 Å². The van der Waals surface area contributed by atoms with Crippen LogP contribution in [0.25, 0.3) is 0 Å². The molecule has 6 heteroatoms. The summed E-state index contributed by atoms with van der Waals surface area (Å²) in [7, 11) is 1.69. The van der Waals surface area contributed by atoms with Gasteiger partial charge in [0.15, 0.2) is 18.1 Å². The summed E-state index contributed by atoms with van der Waals surface area (Å²) in [5, 5.41) is 3.06. The van der Waals surface area contributed by atoms with Crippen LogP contribution < -0.4 is 19.5 Å². The third-order valence-electron chi connectivity index (χ3n) is 5.99. The first kappa shape index (κ1) is 21.5. The Bertz CT molecular complexity index is 921. The monoisotopic (exact) mass is 424 g/mol. The van der Waals surface area contributed by atoms with Crippen molar-refractivity contribution >= 4 is 5.91 Å². The third-order valence-corrected chi connectivity index (χ3v) is 5.99. The first-order valence-electron chi connectivity index (χ1n) is 11.0. The van der Waals surface area contributed by atoms with Gasteiger partial charge in [0, 0.05) is 24.1 Å². The molecule has 1 unspecified atom stereocenters. The topological polar surface area (TPSA) is 60.0 Å². The molecule has 1 amide bonds. The molecule has 1 saturated heterocycles. The molecule has 1 fully saturated rings. The molecular formula is C25H32N2O4. The minimum absolute atomic E-state index is 0.0428. The number of fused-ring (bicyclic) bond motifs is 1. The summed E-state index contributed by atoms with van der Waals surface area (Å²) in [4.78, 5) is 15.0. The third kappa shape index (κ3) is 4.96. The minimum Gasteiger partial charge on any atom is -0.496 e. The standard InChI is InChI=1S/C25H32N2O4/c1-25(2)15-18-9-8-12-22(24(18)31-25)30-17-23(28)26-16-20(27-13-6-7-14-27)19-10-4-5-11-21(19)29-3/h4-5,8-12,20H,6-7,13-17H2,1-3H3,(H,26,28). The number of nitrogens with one attached hydrogen (secondary N) is 1. The van der Waals surface area contributed by atoms with Crippen molar-refractivity contribution < 1.29 is 19.0 Å². The molecule has 2 heterocycles. The van der Waals surface area contributed by atoms with E-state index >= 15 is 0 Å². The van der Waals surface area contributed by atoms with E-state index in [4.69, 9.17) is 14.2 Å². The van der Waals surface area contributed by atoms with Crippen LogP contribution in [0.15, 0.2) is 42.5 Å². The number of ether oxygens (including phenoxy) is 3. The molecule has 6 nitrogen and oxygen atoms in total. The average Bonchev–Trinajstić information content (AvgIpc) is 3.39. The first-order valence-corrected chi connectivity index (χ1v) is 11.0. The van der Waals surface area contributed by atoms with Crippen LogP contribution in [0.5, 0.6) is 17.2 Å². The molecule has 0 bridgehead atoms. The number of rotatable bonds is 8. The smallest absolute Gasteiger partial charge is 0.258 e. The SMILES string of the molecule is COc1ccccc1C(CNC(=O)COc1cccc2c1OC(C)(C)C2)N1CCCC1. The van der Waals surface area contributed by atoms with Crippen LogP contribution in [-0.4, -0.2) is 49.8 Å². The highest BCUT2D eigenvalue weighted by Crippen LogP contribution is 2.41. The van der Waals surface area contributed by atoms with Crippen molar-refractivity contribution in [3.8, 4) is 17.2 Å². The van der Waals surface area contributed by atoms with Gasteiger partial charge in [-0.1, -0.05) is 30.3 Å². The van der Waals surface area contributed by atoms with Crippen LogP contribution in [-0.2, 0) is 11.2 Å². The normalized spacial score (nSPS) is 18.2. The van der Waals surface area contributed by atoms with Crippen LogP contribution in [0.4, 0.5) is 0 Å². The molecular weight excluding hydrogens is 392 g/mol. The van der Waals surface area contributed by atoms with Gasteiger partial charge in [-0.3, -0.25) is 9.69 Å². The zero-order valence-electron chi connectivity index (χ0n) is 18.6. The van der Waals surface area contributed by atoms with Gasteiger partial charge in [-0.05, 0) is 51.9 Å². The first-order chi connectivity index (χ1) is 15.0. The van der Waals surface area contributed by atoms with Gasteiger partial charge in [0.2, 0.25) is 0 Å². The van der Waals surface area contributed by atoms with Gasteiger partial charge in [-0.15, -0.1) is 0 Å². The van der Waals surface area contributed by atoms with Crippen LogP contribution in [0.2, 0.25) is 0 Å². The van der Waals surface area contributed by atoms with Crippen LogP contribution in [0.3, 0.4) is 0 Å². The summed E-state index contributed by atoms with van der Waals surface area (Å²) in [6.07, 6.45) is 3.19. The highest BCUT2D eigenvalue weighted by atomic mass is 16.5. The summed E-state index contributed by atoms with van der Waals surface area (Å²) in [5.74, 6) is 2.08. The number of benzene rings is 2. The Kier molecular flexibility index (Phi) is 6.37. The lowest BCUT2D eigenvalue weighted by molar-refractivity contribution is -0.123. The van der Waals surface area contributed by atoms with Crippen molar-refractivity contribution in [2.24, 2.45) is 0 Å². The molecule has 31 heavy (non-hydrogen) atoms. The fourth-order valence-electron chi connectivity index (χ4n) is 4.54. The number of methoxy groups -OCH3 is 1. The van der Waals surface area contributed by atoms with Gasteiger partial charge in [-0.25, -0.2) is 0 Å². The second-order valence-corrected chi connectivity index (χ2v) is 8.88. The Morgan fingerprint density at radius 3 is 2.65 bits per heavy atom. The van der Waals surface area contributed by atoms with E-state index in [2.05, 4.69) is 30.1 Å². The zero-order valence-corrected chi connectivity index (χ0v) is 18.6. The fourth-order valence-corrected chi connectivity index (χ4v) is 4.54. The molecule has 0 aliphatic carbocycles. The van der Waals surface area contributed by atoms with E-state index in [1.54, 1.807) is 7.11 Å². The number of hydrogen-bond donors (Lipinski definition) is 1. The Hall–Kier alpha value is -2.73. The molecule has 1 N–H and O–H groups in total. The molecule has 2 aliphatic rings. The maximum Gasteiger partial charge on any atom is 0.258 e. The summed E-state index contributed by atoms with van der Waals surface area (Å²) in [6.45, 7) is 6.63. The zero-order chi connectivity index (χ0) is 21.8. The number of hydrogen-bond acceptors (Lipinski definition) is 5. The van der Waals surface area contributed by atoms with Gasteiger partial charge in [0.1, 0.15) is 11.4 Å². The lowest BCUT2D eigenvalue weighted by Crippen LogP contribution is -2.38. The van der Waals surface area contributed by atoms with Gasteiger partial charge in [-0.2, -0.15) is 0 Å². The largest absolute Gasteiger partial charge is 0.496 e. The van der Waals surface area contributed by atoms with Gasteiger partial charge >= 0.3 is 0 Å². The number of carbonyl (C=O) groups is 1. The van der Waals surface area contributed by atoms with Crippen molar-refractivity contribution in [3.63, 3.8) is 0 Å². The predicted molar refractivity (Wildman–Crippen MR) is 120 cm³/mol. The summed E-state index contributed by atoms with van der Waals surface area (Å²) >= 11 is 0. The van der Waals surface area contributed by atoms with E-state index < -0.39 is 0 Å². The Morgan fingerprint density at radius 1 is 1.13 bits per heavy atom. The second-order valence-electron chi connectivity index (χ2n) is 8.88. The van der Waals surface area contributed by atoms with Gasteiger partial charge in [0.25, 0.3) is 5.91 Å². The highest BCUT2D eigenvalue weighted by Gasteiger charge is 2.32. The van der Waals surface area contributed by atoms with Crippen molar-refractivity contribution in [1.29, 1.82) is 0 Å². The fraction of sp³-hybridized carbons (Fsp3) is 0.480. The molecule has 166 valence electrons. The lowest BCUT2D eigenvalue weighted by atomic mass is 10.0. The molecule has 2 aromatic carbocycles. The maximum atomic E-state index is 12.6. The minimum atomic E-state index is -0.248. The molecule has 0 aromatic heterocycles. The molecule has 1 atom stereocenters. The van der Waals surface area contributed by atoms with Crippen LogP contribution in [0, 0.1) is 0 Å². The Morgan fingerprint density at radius 2 is 1.87 bits per heavy atom. The van der Waals surface area contributed by atoms with E-state index in [9.17, 15) is 4.79 Å². The number of likely N-dealkylation sites (tertiary alicyclic amines) is 1. The van der Waals surface area contributed by atoms with E-state index in [0.29, 0.717) is 12.3 Å². The second kappa shape index (κ2) is 9.18.